The van der Waals surface area contributed by atoms with Gasteiger partial charge in [0, 0.05) is 18.5 Å². The third-order valence-corrected chi connectivity index (χ3v) is 1.95. The molecule has 45 valence electrons. The molecule has 2 heterocycles. The Morgan fingerprint density at radius 1 is 1.50 bits per heavy atom. The first-order valence-electron chi connectivity index (χ1n) is 3.12. The lowest BCUT2D eigenvalue weighted by Gasteiger charge is -2.02. The maximum Gasteiger partial charge on any atom is 0.0623 e. The van der Waals surface area contributed by atoms with Crippen molar-refractivity contribution in [3.05, 3.63) is 6.54 Å². The number of nitrogens with one attached hydrogen (secondary N) is 1. The predicted octanol–water partition coefficient (Wildman–Crippen LogP) is 0.156. The van der Waals surface area contributed by atoms with E-state index in [4.69, 9.17) is 4.74 Å². The summed E-state index contributed by atoms with van der Waals surface area (Å²) >= 11 is 0. The molecule has 2 aliphatic rings. The van der Waals surface area contributed by atoms with Gasteiger partial charge in [-0.15, -0.1) is 0 Å². The first-order chi connectivity index (χ1) is 3.97. The molecule has 0 aromatic heterocycles. The van der Waals surface area contributed by atoms with Crippen LogP contribution in [0.3, 0.4) is 0 Å². The summed E-state index contributed by atoms with van der Waals surface area (Å²) in [6, 6.07) is 0.648. The van der Waals surface area contributed by atoms with Crippen LogP contribution in [0, 0.1) is 12.5 Å². The van der Waals surface area contributed by atoms with Crippen molar-refractivity contribution in [3.8, 4) is 0 Å². The van der Waals surface area contributed by atoms with E-state index < -0.39 is 0 Å². The molecule has 2 saturated heterocycles. The number of hydrogen-bond donors (Lipinski definition) is 1. The van der Waals surface area contributed by atoms with Crippen LogP contribution in [-0.4, -0.2) is 19.3 Å². The summed E-state index contributed by atoms with van der Waals surface area (Å²) in [5, 5.41) is 3.27. The van der Waals surface area contributed by atoms with Crippen molar-refractivity contribution in [3.63, 3.8) is 0 Å². The van der Waals surface area contributed by atoms with E-state index in [1.165, 1.54) is 6.42 Å². The van der Waals surface area contributed by atoms with Crippen LogP contribution in [0.2, 0.25) is 0 Å². The molecule has 2 fully saturated rings. The standard InChI is InChI=1S/C6H10NO/c1-2-7-6-4-8-3-5(1)6/h2,5-7H,1,3-4H2. The van der Waals surface area contributed by atoms with Crippen molar-refractivity contribution in [1.29, 1.82) is 0 Å². The predicted molar refractivity (Wildman–Crippen MR) is 30.1 cm³/mol. The molecule has 2 atom stereocenters. The minimum atomic E-state index is 0.648. The monoisotopic (exact) mass is 112 g/mol. The Morgan fingerprint density at radius 2 is 2.50 bits per heavy atom. The van der Waals surface area contributed by atoms with E-state index in [2.05, 4.69) is 11.9 Å². The molecule has 8 heavy (non-hydrogen) atoms. The molecule has 2 unspecified atom stereocenters. The van der Waals surface area contributed by atoms with Crippen molar-refractivity contribution < 1.29 is 4.74 Å². The Balaban J connectivity index is 2.04. The van der Waals surface area contributed by atoms with Gasteiger partial charge in [-0.3, -0.25) is 0 Å². The van der Waals surface area contributed by atoms with Gasteiger partial charge in [0.1, 0.15) is 0 Å². The van der Waals surface area contributed by atoms with Crippen LogP contribution in [-0.2, 0) is 4.74 Å². The lowest BCUT2D eigenvalue weighted by molar-refractivity contribution is 0.179. The average Bonchev–Trinajstić information content (AvgIpc) is 2.15. The second-order valence-electron chi connectivity index (χ2n) is 2.51. The molecule has 0 aliphatic carbocycles. The summed E-state index contributed by atoms with van der Waals surface area (Å²) in [5.41, 5.74) is 0. The summed E-state index contributed by atoms with van der Waals surface area (Å²) in [6.45, 7) is 4.03. The molecule has 0 spiro atoms. The van der Waals surface area contributed by atoms with Crippen LogP contribution in [0.1, 0.15) is 6.42 Å². The Bertz CT molecular complexity index is 74.5. The third kappa shape index (κ3) is 0.565. The van der Waals surface area contributed by atoms with E-state index in [0.717, 1.165) is 19.1 Å². The Hall–Kier alpha value is -0.0800. The van der Waals surface area contributed by atoms with Gasteiger partial charge in [0.25, 0.3) is 0 Å². The van der Waals surface area contributed by atoms with Gasteiger partial charge in [-0.1, -0.05) is 0 Å². The highest BCUT2D eigenvalue weighted by Crippen LogP contribution is 2.23. The van der Waals surface area contributed by atoms with Crippen molar-refractivity contribution in [1.82, 2.24) is 5.32 Å². The second kappa shape index (κ2) is 1.71. The van der Waals surface area contributed by atoms with Crippen LogP contribution in [0.5, 0.6) is 0 Å². The zero-order valence-electron chi connectivity index (χ0n) is 4.76. The smallest absolute Gasteiger partial charge is 0.0623 e. The normalized spacial score (nSPS) is 45.0. The minimum Gasteiger partial charge on any atom is -0.379 e. The van der Waals surface area contributed by atoms with Gasteiger partial charge in [-0.2, -0.15) is 0 Å². The Labute approximate surface area is 49.2 Å². The summed E-state index contributed by atoms with van der Waals surface area (Å²) in [7, 11) is 0. The SMILES string of the molecule is [CH]1CC2COCC2N1. The highest BCUT2D eigenvalue weighted by molar-refractivity contribution is 4.92. The third-order valence-electron chi connectivity index (χ3n) is 1.95. The largest absolute Gasteiger partial charge is 0.379 e. The lowest BCUT2D eigenvalue weighted by Crippen LogP contribution is -2.24. The van der Waals surface area contributed by atoms with Gasteiger partial charge in [-0.25, -0.2) is 0 Å². The molecule has 0 aromatic rings. The number of fused-ring (bicyclic) bond motifs is 1. The molecule has 2 rings (SSSR count). The van der Waals surface area contributed by atoms with Gasteiger partial charge < -0.3 is 10.1 Å². The molecule has 1 radical (unpaired) electrons. The molecule has 0 bridgehead atoms. The summed E-state index contributed by atoms with van der Waals surface area (Å²) in [5.74, 6) is 0.787. The first kappa shape index (κ1) is 4.77. The molecule has 0 saturated carbocycles. The van der Waals surface area contributed by atoms with Gasteiger partial charge in [-0.05, 0) is 6.42 Å². The molecule has 0 aromatic carbocycles. The van der Waals surface area contributed by atoms with Gasteiger partial charge in [0.15, 0.2) is 0 Å². The van der Waals surface area contributed by atoms with Crippen molar-refractivity contribution in [2.45, 2.75) is 12.5 Å². The fourth-order valence-electron chi connectivity index (χ4n) is 1.39. The first-order valence-corrected chi connectivity index (χ1v) is 3.12. The molecule has 0 amide bonds. The number of rotatable bonds is 0. The van der Waals surface area contributed by atoms with Crippen molar-refractivity contribution in [2.75, 3.05) is 13.2 Å². The molecular weight excluding hydrogens is 102 g/mol. The van der Waals surface area contributed by atoms with E-state index in [0.29, 0.717) is 6.04 Å². The van der Waals surface area contributed by atoms with E-state index in [9.17, 15) is 0 Å². The Kier molecular flexibility index (Phi) is 1.02. The average molecular weight is 112 g/mol. The number of hydrogen-bond acceptors (Lipinski definition) is 2. The van der Waals surface area contributed by atoms with E-state index in [1.807, 2.05) is 0 Å². The zero-order chi connectivity index (χ0) is 5.40. The number of ether oxygens (including phenoxy) is 1. The fourth-order valence-corrected chi connectivity index (χ4v) is 1.39. The molecule has 2 nitrogen and oxygen atoms in total. The molecule has 2 heteroatoms. The van der Waals surface area contributed by atoms with Crippen LogP contribution in [0.25, 0.3) is 0 Å². The van der Waals surface area contributed by atoms with Crippen LogP contribution in [0.4, 0.5) is 0 Å². The molecule has 2 aliphatic heterocycles. The second-order valence-corrected chi connectivity index (χ2v) is 2.51. The van der Waals surface area contributed by atoms with Gasteiger partial charge in [0.05, 0.1) is 13.2 Å². The van der Waals surface area contributed by atoms with Gasteiger partial charge >= 0.3 is 0 Å². The summed E-state index contributed by atoms with van der Waals surface area (Å²) in [4.78, 5) is 0. The Morgan fingerprint density at radius 3 is 3.38 bits per heavy atom. The highest BCUT2D eigenvalue weighted by atomic mass is 16.5. The van der Waals surface area contributed by atoms with Crippen LogP contribution in [0.15, 0.2) is 0 Å². The lowest BCUT2D eigenvalue weighted by atomic mass is 10.1. The highest BCUT2D eigenvalue weighted by Gasteiger charge is 2.31. The van der Waals surface area contributed by atoms with Crippen LogP contribution < -0.4 is 5.32 Å². The quantitative estimate of drug-likeness (QED) is 0.482. The minimum absolute atomic E-state index is 0.648. The molecular formula is C6H10NO. The van der Waals surface area contributed by atoms with E-state index in [1.54, 1.807) is 0 Å². The van der Waals surface area contributed by atoms with E-state index >= 15 is 0 Å². The van der Waals surface area contributed by atoms with Gasteiger partial charge in [0.2, 0.25) is 0 Å². The maximum absolute atomic E-state index is 5.23. The summed E-state index contributed by atoms with van der Waals surface area (Å²) < 4.78 is 5.23. The van der Waals surface area contributed by atoms with Crippen LogP contribution >= 0.6 is 0 Å². The van der Waals surface area contributed by atoms with Crippen molar-refractivity contribution >= 4 is 0 Å². The zero-order valence-corrected chi connectivity index (χ0v) is 4.76. The fraction of sp³-hybridized carbons (Fsp3) is 0.833. The van der Waals surface area contributed by atoms with E-state index in [-0.39, 0.29) is 0 Å². The van der Waals surface area contributed by atoms with Crippen molar-refractivity contribution in [2.24, 2.45) is 5.92 Å². The summed E-state index contributed by atoms with van der Waals surface area (Å²) in [6.07, 6.45) is 1.20. The topological polar surface area (TPSA) is 21.3 Å². The maximum atomic E-state index is 5.23. The molecule has 1 N–H and O–H groups in total.